The van der Waals surface area contributed by atoms with E-state index in [0.717, 1.165) is 24.4 Å². The van der Waals surface area contributed by atoms with Crippen LogP contribution in [0.3, 0.4) is 0 Å². The molecule has 0 radical (unpaired) electrons. The Balaban J connectivity index is 1.65. The predicted molar refractivity (Wildman–Crippen MR) is 66.5 cm³/mol. The highest BCUT2D eigenvalue weighted by molar-refractivity contribution is 7.99. The molecule has 1 aliphatic carbocycles. The molecule has 0 spiro atoms. The van der Waals surface area contributed by atoms with E-state index < -0.39 is 0 Å². The lowest BCUT2D eigenvalue weighted by Crippen LogP contribution is -2.39. The Morgan fingerprint density at radius 1 is 1.27 bits per heavy atom. The van der Waals surface area contributed by atoms with Crippen LogP contribution in [0.4, 0.5) is 0 Å². The molecule has 2 fully saturated rings. The second-order valence-electron chi connectivity index (χ2n) is 4.76. The van der Waals surface area contributed by atoms with Gasteiger partial charge in [-0.3, -0.25) is 0 Å². The quantitative estimate of drug-likeness (QED) is 0.800. The first-order chi connectivity index (χ1) is 7.38. The second-order valence-corrected chi connectivity index (χ2v) is 5.90. The lowest BCUT2D eigenvalue weighted by atomic mass is 9.95. The normalized spacial score (nSPS) is 37.0. The summed E-state index contributed by atoms with van der Waals surface area (Å²) in [5.41, 5.74) is 0. The van der Waals surface area contributed by atoms with E-state index in [1.165, 1.54) is 38.5 Å². The third kappa shape index (κ3) is 3.65. The summed E-state index contributed by atoms with van der Waals surface area (Å²) in [7, 11) is 0. The van der Waals surface area contributed by atoms with Gasteiger partial charge in [0, 0.05) is 24.4 Å². The predicted octanol–water partition coefficient (Wildman–Crippen LogP) is 2.43. The van der Waals surface area contributed by atoms with E-state index in [1.54, 1.807) is 0 Å². The molecule has 88 valence electrons. The Bertz CT molecular complexity index is 182. The van der Waals surface area contributed by atoms with Crippen LogP contribution < -0.4 is 5.32 Å². The van der Waals surface area contributed by atoms with Gasteiger partial charge in [0.25, 0.3) is 0 Å². The van der Waals surface area contributed by atoms with Gasteiger partial charge in [0.15, 0.2) is 0 Å². The van der Waals surface area contributed by atoms with Crippen LogP contribution in [0.15, 0.2) is 0 Å². The van der Waals surface area contributed by atoms with Crippen molar-refractivity contribution in [3.63, 3.8) is 0 Å². The van der Waals surface area contributed by atoms with Gasteiger partial charge < -0.3 is 10.1 Å². The summed E-state index contributed by atoms with van der Waals surface area (Å²) in [4.78, 5) is 0. The van der Waals surface area contributed by atoms with Gasteiger partial charge in [-0.05, 0) is 38.4 Å². The molecule has 3 atom stereocenters. The fourth-order valence-corrected chi connectivity index (χ4v) is 3.47. The number of ether oxygens (including phenoxy) is 1. The maximum absolute atomic E-state index is 5.63. The van der Waals surface area contributed by atoms with Crippen molar-refractivity contribution < 1.29 is 4.74 Å². The molecule has 0 amide bonds. The highest BCUT2D eigenvalue weighted by Gasteiger charge is 2.22. The van der Waals surface area contributed by atoms with Gasteiger partial charge in [-0.2, -0.15) is 11.8 Å². The summed E-state index contributed by atoms with van der Waals surface area (Å²) in [6.07, 6.45) is 10.8. The SMILES string of the molecule is CSC1CCCC(NCC2CCCO2)C1. The van der Waals surface area contributed by atoms with Crippen molar-refractivity contribution in [1.29, 1.82) is 0 Å². The number of nitrogens with one attached hydrogen (secondary N) is 1. The van der Waals surface area contributed by atoms with Crippen molar-refractivity contribution in [2.45, 2.75) is 55.9 Å². The van der Waals surface area contributed by atoms with Crippen LogP contribution in [0.2, 0.25) is 0 Å². The van der Waals surface area contributed by atoms with Crippen LogP contribution >= 0.6 is 11.8 Å². The van der Waals surface area contributed by atoms with Gasteiger partial charge in [0.1, 0.15) is 0 Å². The topological polar surface area (TPSA) is 21.3 Å². The Morgan fingerprint density at radius 3 is 2.93 bits per heavy atom. The van der Waals surface area contributed by atoms with Crippen molar-refractivity contribution in [3.8, 4) is 0 Å². The molecule has 1 N–H and O–H groups in total. The monoisotopic (exact) mass is 229 g/mol. The fraction of sp³-hybridized carbons (Fsp3) is 1.00. The largest absolute Gasteiger partial charge is 0.377 e. The summed E-state index contributed by atoms with van der Waals surface area (Å²) in [5, 5.41) is 4.58. The first-order valence-corrected chi connectivity index (χ1v) is 7.55. The Morgan fingerprint density at radius 2 is 2.20 bits per heavy atom. The molecule has 0 bridgehead atoms. The summed E-state index contributed by atoms with van der Waals surface area (Å²) < 4.78 is 5.63. The van der Waals surface area contributed by atoms with Gasteiger partial charge in [0.2, 0.25) is 0 Å². The molecule has 3 heteroatoms. The van der Waals surface area contributed by atoms with E-state index in [2.05, 4.69) is 11.6 Å². The van der Waals surface area contributed by atoms with Crippen LogP contribution in [0.25, 0.3) is 0 Å². The molecule has 1 saturated heterocycles. The fourth-order valence-electron chi connectivity index (χ4n) is 2.65. The molecule has 1 aliphatic heterocycles. The molecule has 2 aliphatic rings. The lowest BCUT2D eigenvalue weighted by molar-refractivity contribution is 0.106. The first kappa shape index (κ1) is 11.7. The average molecular weight is 229 g/mol. The number of hydrogen-bond donors (Lipinski definition) is 1. The van der Waals surface area contributed by atoms with Crippen molar-refractivity contribution in [3.05, 3.63) is 0 Å². The third-order valence-electron chi connectivity index (χ3n) is 3.62. The van der Waals surface area contributed by atoms with Crippen molar-refractivity contribution in [2.75, 3.05) is 19.4 Å². The molecule has 2 rings (SSSR count). The lowest BCUT2D eigenvalue weighted by Gasteiger charge is -2.29. The maximum atomic E-state index is 5.63. The zero-order valence-electron chi connectivity index (χ0n) is 9.71. The van der Waals surface area contributed by atoms with Gasteiger partial charge in [0.05, 0.1) is 6.10 Å². The molecule has 0 aromatic carbocycles. The Labute approximate surface area is 97.5 Å². The smallest absolute Gasteiger partial charge is 0.0700 e. The van der Waals surface area contributed by atoms with Crippen LogP contribution in [-0.2, 0) is 4.74 Å². The van der Waals surface area contributed by atoms with Gasteiger partial charge >= 0.3 is 0 Å². The molecule has 15 heavy (non-hydrogen) atoms. The highest BCUT2D eigenvalue weighted by atomic mass is 32.2. The molecule has 1 heterocycles. The van der Waals surface area contributed by atoms with Crippen LogP contribution in [0.1, 0.15) is 38.5 Å². The zero-order chi connectivity index (χ0) is 10.5. The van der Waals surface area contributed by atoms with E-state index in [9.17, 15) is 0 Å². The molecular weight excluding hydrogens is 206 g/mol. The number of thioether (sulfide) groups is 1. The van der Waals surface area contributed by atoms with E-state index >= 15 is 0 Å². The van der Waals surface area contributed by atoms with Gasteiger partial charge in [-0.1, -0.05) is 6.42 Å². The second kappa shape index (κ2) is 6.12. The van der Waals surface area contributed by atoms with E-state index in [0.29, 0.717) is 6.10 Å². The molecular formula is C12H23NOS. The summed E-state index contributed by atoms with van der Waals surface area (Å²) in [6, 6.07) is 0.750. The third-order valence-corrected chi connectivity index (χ3v) is 4.71. The van der Waals surface area contributed by atoms with E-state index in [4.69, 9.17) is 4.74 Å². The van der Waals surface area contributed by atoms with Gasteiger partial charge in [-0.25, -0.2) is 0 Å². The Kier molecular flexibility index (Phi) is 4.79. The van der Waals surface area contributed by atoms with E-state index in [-0.39, 0.29) is 0 Å². The van der Waals surface area contributed by atoms with E-state index in [1.807, 2.05) is 11.8 Å². The van der Waals surface area contributed by atoms with Crippen molar-refractivity contribution in [1.82, 2.24) is 5.32 Å². The summed E-state index contributed by atoms with van der Waals surface area (Å²) in [5.74, 6) is 0. The molecule has 0 aromatic rings. The van der Waals surface area contributed by atoms with Crippen LogP contribution in [-0.4, -0.2) is 36.8 Å². The summed E-state index contributed by atoms with van der Waals surface area (Å²) >= 11 is 2.04. The maximum Gasteiger partial charge on any atom is 0.0700 e. The number of rotatable bonds is 4. The minimum atomic E-state index is 0.500. The van der Waals surface area contributed by atoms with Crippen LogP contribution in [0, 0.1) is 0 Å². The minimum Gasteiger partial charge on any atom is -0.377 e. The van der Waals surface area contributed by atoms with Gasteiger partial charge in [-0.15, -0.1) is 0 Å². The molecule has 3 unspecified atom stereocenters. The summed E-state index contributed by atoms with van der Waals surface area (Å²) in [6.45, 7) is 2.05. The Hall–Kier alpha value is 0.270. The minimum absolute atomic E-state index is 0.500. The molecule has 2 nitrogen and oxygen atoms in total. The number of hydrogen-bond acceptors (Lipinski definition) is 3. The van der Waals surface area contributed by atoms with Crippen molar-refractivity contribution >= 4 is 11.8 Å². The standard InChI is InChI=1S/C12H23NOS/c1-15-12-6-2-4-10(8-12)13-9-11-5-3-7-14-11/h10-13H,2-9H2,1H3. The van der Waals surface area contributed by atoms with Crippen LogP contribution in [0.5, 0.6) is 0 Å². The average Bonchev–Trinajstić information content (AvgIpc) is 2.79. The highest BCUT2D eigenvalue weighted by Crippen LogP contribution is 2.27. The molecule has 0 aromatic heterocycles. The first-order valence-electron chi connectivity index (χ1n) is 6.26. The zero-order valence-corrected chi connectivity index (χ0v) is 10.5. The molecule has 1 saturated carbocycles. The van der Waals surface area contributed by atoms with Crippen molar-refractivity contribution in [2.24, 2.45) is 0 Å².